The smallest absolute Gasteiger partial charge is 0.122 e. The van der Waals surface area contributed by atoms with Crippen molar-refractivity contribution in [1.29, 1.82) is 5.41 Å². The summed E-state index contributed by atoms with van der Waals surface area (Å²) in [4.78, 5) is 0. The molecule has 4 nitrogen and oxygen atoms in total. The van der Waals surface area contributed by atoms with E-state index in [1.165, 1.54) is 0 Å². The van der Waals surface area contributed by atoms with Gasteiger partial charge in [-0.3, -0.25) is 5.41 Å². The quantitative estimate of drug-likeness (QED) is 0.482. The summed E-state index contributed by atoms with van der Waals surface area (Å²) in [6, 6.07) is 5.84. The van der Waals surface area contributed by atoms with Crippen LogP contribution in [-0.4, -0.2) is 25.2 Å². The van der Waals surface area contributed by atoms with E-state index in [0.717, 1.165) is 15.8 Å². The van der Waals surface area contributed by atoms with Crippen LogP contribution in [0.25, 0.3) is 0 Å². The first-order chi connectivity index (χ1) is 8.00. The molecule has 0 amide bonds. The van der Waals surface area contributed by atoms with Gasteiger partial charge in [0, 0.05) is 4.47 Å². The van der Waals surface area contributed by atoms with E-state index in [1.807, 2.05) is 25.1 Å². The maximum absolute atomic E-state index is 7.16. The molecule has 1 aromatic rings. The van der Waals surface area contributed by atoms with Gasteiger partial charge >= 0.3 is 0 Å². The van der Waals surface area contributed by atoms with Crippen molar-refractivity contribution in [1.82, 2.24) is 0 Å². The summed E-state index contributed by atoms with van der Waals surface area (Å²) in [6.45, 7) is 4.59. The van der Waals surface area contributed by atoms with Crippen molar-refractivity contribution < 1.29 is 9.47 Å². The van der Waals surface area contributed by atoms with Gasteiger partial charge in [0.05, 0.1) is 6.61 Å². The Morgan fingerprint density at radius 1 is 1.47 bits per heavy atom. The summed E-state index contributed by atoms with van der Waals surface area (Å²) in [5, 5.41) is 7.16. The monoisotopic (exact) mass is 300 g/mol. The highest BCUT2D eigenvalue weighted by molar-refractivity contribution is 9.10. The summed E-state index contributed by atoms with van der Waals surface area (Å²) >= 11 is 3.40. The van der Waals surface area contributed by atoms with Gasteiger partial charge in [-0.2, -0.15) is 0 Å². The number of hydrogen-bond donors (Lipinski definition) is 2. The van der Waals surface area contributed by atoms with Crippen LogP contribution in [0.2, 0.25) is 0 Å². The molecule has 0 aromatic heterocycles. The van der Waals surface area contributed by atoms with Crippen molar-refractivity contribution in [3.8, 4) is 5.75 Å². The van der Waals surface area contributed by atoms with Gasteiger partial charge in [0.1, 0.15) is 24.3 Å². The van der Waals surface area contributed by atoms with Crippen LogP contribution in [0.3, 0.4) is 0 Å². The standard InChI is InChI=1S/C12H17BrN2O2/c1-8-7-10(13)3-4-11(8)17-6-5-16-9(2)12(14)15/h3-4,7,9H,5-6H2,1-2H3,(H3,14,15). The molecule has 1 rings (SSSR count). The largest absolute Gasteiger partial charge is 0.491 e. The second kappa shape index (κ2) is 6.61. The van der Waals surface area contributed by atoms with Gasteiger partial charge in [0.25, 0.3) is 0 Å². The molecule has 17 heavy (non-hydrogen) atoms. The van der Waals surface area contributed by atoms with Gasteiger partial charge in [-0.25, -0.2) is 0 Å². The highest BCUT2D eigenvalue weighted by Gasteiger charge is 2.05. The number of nitrogens with two attached hydrogens (primary N) is 1. The van der Waals surface area contributed by atoms with Gasteiger partial charge < -0.3 is 15.2 Å². The van der Waals surface area contributed by atoms with Crippen LogP contribution in [-0.2, 0) is 4.74 Å². The number of amidine groups is 1. The number of rotatable bonds is 6. The van der Waals surface area contributed by atoms with Crippen molar-refractivity contribution in [3.63, 3.8) is 0 Å². The molecule has 0 spiro atoms. The highest BCUT2D eigenvalue weighted by atomic mass is 79.9. The van der Waals surface area contributed by atoms with E-state index in [-0.39, 0.29) is 11.9 Å². The molecule has 1 atom stereocenters. The van der Waals surface area contributed by atoms with Gasteiger partial charge in [0.15, 0.2) is 0 Å². The summed E-state index contributed by atoms with van der Waals surface area (Å²) in [5.74, 6) is 0.872. The van der Waals surface area contributed by atoms with Crippen LogP contribution in [0.1, 0.15) is 12.5 Å². The van der Waals surface area contributed by atoms with E-state index in [9.17, 15) is 0 Å². The third-order valence-electron chi connectivity index (χ3n) is 2.28. The zero-order valence-electron chi connectivity index (χ0n) is 10.00. The Labute approximate surface area is 110 Å². The van der Waals surface area contributed by atoms with Gasteiger partial charge in [-0.1, -0.05) is 15.9 Å². The van der Waals surface area contributed by atoms with Crippen LogP contribution < -0.4 is 10.5 Å². The predicted octanol–water partition coefficient (Wildman–Crippen LogP) is 2.48. The third kappa shape index (κ3) is 4.75. The van der Waals surface area contributed by atoms with Crippen LogP contribution in [0.15, 0.2) is 22.7 Å². The lowest BCUT2D eigenvalue weighted by Gasteiger charge is -2.13. The Balaban J connectivity index is 2.34. The van der Waals surface area contributed by atoms with Crippen LogP contribution in [0, 0.1) is 12.3 Å². The lowest BCUT2D eigenvalue weighted by Crippen LogP contribution is -2.29. The molecular weight excluding hydrogens is 284 g/mol. The van der Waals surface area contributed by atoms with E-state index in [4.69, 9.17) is 20.6 Å². The molecule has 0 fully saturated rings. The molecule has 0 bridgehead atoms. The number of halogens is 1. The maximum atomic E-state index is 7.16. The Morgan fingerprint density at radius 3 is 2.76 bits per heavy atom. The van der Waals surface area contributed by atoms with E-state index in [0.29, 0.717) is 13.2 Å². The van der Waals surface area contributed by atoms with Crippen molar-refractivity contribution >= 4 is 21.8 Å². The number of hydrogen-bond acceptors (Lipinski definition) is 3. The topological polar surface area (TPSA) is 68.3 Å². The third-order valence-corrected chi connectivity index (χ3v) is 2.78. The van der Waals surface area contributed by atoms with E-state index >= 15 is 0 Å². The fourth-order valence-corrected chi connectivity index (χ4v) is 1.72. The molecule has 0 saturated carbocycles. The fraction of sp³-hybridized carbons (Fsp3) is 0.417. The average molecular weight is 301 g/mol. The van der Waals surface area contributed by atoms with Crippen LogP contribution >= 0.6 is 15.9 Å². The Bertz CT molecular complexity index is 396. The second-order valence-corrected chi connectivity index (χ2v) is 4.64. The SMILES string of the molecule is Cc1cc(Br)ccc1OCCOC(C)C(=N)N. The summed E-state index contributed by atoms with van der Waals surface area (Å²) in [6.07, 6.45) is -0.357. The summed E-state index contributed by atoms with van der Waals surface area (Å²) in [5.41, 5.74) is 6.35. The van der Waals surface area contributed by atoms with Crippen molar-refractivity contribution in [3.05, 3.63) is 28.2 Å². The van der Waals surface area contributed by atoms with Gasteiger partial charge in [0.2, 0.25) is 0 Å². The molecule has 5 heteroatoms. The molecule has 0 saturated heterocycles. The van der Waals surface area contributed by atoms with E-state index in [2.05, 4.69) is 15.9 Å². The minimum absolute atomic E-state index is 0.0322. The van der Waals surface area contributed by atoms with Crippen molar-refractivity contribution in [2.24, 2.45) is 5.73 Å². The molecule has 0 heterocycles. The maximum Gasteiger partial charge on any atom is 0.122 e. The number of benzene rings is 1. The fourth-order valence-electron chi connectivity index (χ4n) is 1.24. The van der Waals surface area contributed by atoms with Crippen molar-refractivity contribution in [2.75, 3.05) is 13.2 Å². The Kier molecular flexibility index (Phi) is 5.44. The summed E-state index contributed by atoms with van der Waals surface area (Å²) < 4.78 is 11.9. The first-order valence-electron chi connectivity index (χ1n) is 5.35. The minimum atomic E-state index is -0.357. The molecule has 1 aromatic carbocycles. The van der Waals surface area contributed by atoms with Crippen LogP contribution in [0.5, 0.6) is 5.75 Å². The van der Waals surface area contributed by atoms with E-state index < -0.39 is 0 Å². The van der Waals surface area contributed by atoms with Gasteiger partial charge in [-0.15, -0.1) is 0 Å². The molecule has 0 radical (unpaired) electrons. The molecule has 0 aliphatic heterocycles. The lowest BCUT2D eigenvalue weighted by atomic mass is 10.2. The molecular formula is C12H17BrN2O2. The second-order valence-electron chi connectivity index (χ2n) is 3.73. The molecule has 0 aliphatic carbocycles. The molecule has 0 aliphatic rings. The average Bonchev–Trinajstić information content (AvgIpc) is 2.26. The molecule has 94 valence electrons. The minimum Gasteiger partial charge on any atom is -0.491 e. The van der Waals surface area contributed by atoms with Crippen LogP contribution in [0.4, 0.5) is 0 Å². The van der Waals surface area contributed by atoms with Gasteiger partial charge in [-0.05, 0) is 37.6 Å². The number of nitrogens with one attached hydrogen (secondary N) is 1. The van der Waals surface area contributed by atoms with Crippen molar-refractivity contribution in [2.45, 2.75) is 20.0 Å². The van der Waals surface area contributed by atoms with E-state index in [1.54, 1.807) is 6.92 Å². The lowest BCUT2D eigenvalue weighted by molar-refractivity contribution is 0.0792. The first kappa shape index (κ1) is 14.0. The zero-order valence-corrected chi connectivity index (χ0v) is 11.6. The Hall–Kier alpha value is -1.07. The predicted molar refractivity (Wildman–Crippen MR) is 71.7 cm³/mol. The first-order valence-corrected chi connectivity index (χ1v) is 6.14. The molecule has 1 unspecified atom stereocenters. The summed E-state index contributed by atoms with van der Waals surface area (Å²) in [7, 11) is 0. The highest BCUT2D eigenvalue weighted by Crippen LogP contribution is 2.21. The number of aryl methyl sites for hydroxylation is 1. The zero-order chi connectivity index (χ0) is 12.8. The normalized spacial score (nSPS) is 12.2. The molecule has 3 N–H and O–H groups in total. The Morgan fingerprint density at radius 2 is 2.18 bits per heavy atom. The number of ether oxygens (including phenoxy) is 2.